The molecule has 1 N–H and O–H groups in total. The van der Waals surface area contributed by atoms with Crippen molar-refractivity contribution >= 4 is 33.2 Å². The molecule has 3 rings (SSSR count). The van der Waals surface area contributed by atoms with Crippen molar-refractivity contribution in [3.63, 3.8) is 0 Å². The van der Waals surface area contributed by atoms with Gasteiger partial charge in [-0.05, 0) is 37.1 Å². The van der Waals surface area contributed by atoms with Gasteiger partial charge in [0.05, 0.1) is 11.1 Å². The minimum Gasteiger partial charge on any atom is -0.487 e. The van der Waals surface area contributed by atoms with E-state index >= 15 is 0 Å². The molecule has 2 aromatic carbocycles. The SMILES string of the molecule is CCC1(CC)C[C@H](NS(=O)(=O)c2cc(Cl)ccc2Cl)c2ccccc2O1. The van der Waals surface area contributed by atoms with E-state index in [1.54, 1.807) is 6.07 Å². The summed E-state index contributed by atoms with van der Waals surface area (Å²) < 4.78 is 35.0. The van der Waals surface area contributed by atoms with Gasteiger partial charge in [0.25, 0.3) is 0 Å². The van der Waals surface area contributed by atoms with Crippen molar-refractivity contribution < 1.29 is 13.2 Å². The summed E-state index contributed by atoms with van der Waals surface area (Å²) in [4.78, 5) is -0.0192. The molecule has 0 saturated carbocycles. The molecule has 4 nitrogen and oxygen atoms in total. The highest BCUT2D eigenvalue weighted by molar-refractivity contribution is 7.89. The summed E-state index contributed by atoms with van der Waals surface area (Å²) in [6.07, 6.45) is 2.12. The van der Waals surface area contributed by atoms with Crippen molar-refractivity contribution in [3.05, 3.63) is 58.1 Å². The molecule has 0 unspecified atom stereocenters. The van der Waals surface area contributed by atoms with E-state index in [-0.39, 0.29) is 9.92 Å². The highest BCUT2D eigenvalue weighted by Crippen LogP contribution is 2.43. The lowest BCUT2D eigenvalue weighted by Gasteiger charge is -2.41. The molecular weight excluding hydrogens is 393 g/mol. The number of benzene rings is 2. The number of sulfonamides is 1. The third kappa shape index (κ3) is 3.72. The number of para-hydroxylation sites is 1. The molecule has 0 radical (unpaired) electrons. The first-order chi connectivity index (χ1) is 12.3. The van der Waals surface area contributed by atoms with Crippen LogP contribution < -0.4 is 9.46 Å². The van der Waals surface area contributed by atoms with Crippen LogP contribution in [0.15, 0.2) is 47.4 Å². The van der Waals surface area contributed by atoms with Crippen LogP contribution in [0.5, 0.6) is 5.75 Å². The fourth-order valence-corrected chi connectivity index (χ4v) is 5.32. The van der Waals surface area contributed by atoms with Crippen LogP contribution in [0, 0.1) is 0 Å². The van der Waals surface area contributed by atoms with Crippen LogP contribution >= 0.6 is 23.2 Å². The van der Waals surface area contributed by atoms with E-state index in [1.807, 2.05) is 24.3 Å². The second-order valence-electron chi connectivity index (χ2n) is 6.48. The Kier molecular flexibility index (Phi) is 5.54. The Balaban J connectivity index is 2.01. The predicted octanol–water partition coefficient (Wildman–Crippen LogP) is 5.35. The largest absolute Gasteiger partial charge is 0.487 e. The van der Waals surface area contributed by atoms with E-state index in [2.05, 4.69) is 18.6 Å². The highest BCUT2D eigenvalue weighted by atomic mass is 35.5. The van der Waals surface area contributed by atoms with Crippen molar-refractivity contribution in [2.24, 2.45) is 0 Å². The summed E-state index contributed by atoms with van der Waals surface area (Å²) in [5.41, 5.74) is 0.423. The lowest BCUT2D eigenvalue weighted by Crippen LogP contribution is -2.44. The summed E-state index contributed by atoms with van der Waals surface area (Å²) in [6.45, 7) is 4.10. The molecule has 1 atom stereocenters. The molecule has 0 saturated heterocycles. The number of fused-ring (bicyclic) bond motifs is 1. The number of halogens is 2. The van der Waals surface area contributed by atoms with Gasteiger partial charge in [-0.3, -0.25) is 0 Å². The van der Waals surface area contributed by atoms with Gasteiger partial charge in [0.1, 0.15) is 16.2 Å². The van der Waals surface area contributed by atoms with Gasteiger partial charge in [-0.1, -0.05) is 55.2 Å². The van der Waals surface area contributed by atoms with Crippen molar-refractivity contribution in [2.45, 2.75) is 49.6 Å². The first-order valence-corrected chi connectivity index (χ1v) is 10.8. The Morgan fingerprint density at radius 3 is 2.54 bits per heavy atom. The second kappa shape index (κ2) is 7.39. The Bertz CT molecular complexity index is 911. The first-order valence-electron chi connectivity index (χ1n) is 8.55. The molecule has 0 spiro atoms. The third-order valence-electron chi connectivity index (χ3n) is 4.97. The predicted molar refractivity (Wildman–Crippen MR) is 105 cm³/mol. The first kappa shape index (κ1) is 19.5. The molecule has 7 heteroatoms. The Morgan fingerprint density at radius 1 is 1.15 bits per heavy atom. The van der Waals surface area contributed by atoms with E-state index in [9.17, 15) is 8.42 Å². The molecule has 1 aliphatic rings. The number of hydrogen-bond donors (Lipinski definition) is 1. The van der Waals surface area contributed by atoms with Gasteiger partial charge in [-0.25, -0.2) is 13.1 Å². The van der Waals surface area contributed by atoms with E-state index in [0.717, 1.165) is 18.4 Å². The number of rotatable bonds is 5. The lowest BCUT2D eigenvalue weighted by atomic mass is 9.84. The Hall–Kier alpha value is -1.27. The fourth-order valence-electron chi connectivity index (χ4n) is 3.34. The van der Waals surface area contributed by atoms with Crippen LogP contribution in [-0.4, -0.2) is 14.0 Å². The lowest BCUT2D eigenvalue weighted by molar-refractivity contribution is 0.0260. The summed E-state index contributed by atoms with van der Waals surface area (Å²) in [7, 11) is -3.84. The van der Waals surface area contributed by atoms with E-state index in [4.69, 9.17) is 27.9 Å². The number of hydrogen-bond acceptors (Lipinski definition) is 3. The summed E-state index contributed by atoms with van der Waals surface area (Å²) in [5, 5.41) is 0.457. The van der Waals surface area contributed by atoms with Gasteiger partial charge in [0, 0.05) is 17.0 Å². The van der Waals surface area contributed by atoms with Crippen LogP contribution in [0.4, 0.5) is 0 Å². The van der Waals surface area contributed by atoms with Crippen LogP contribution in [0.1, 0.15) is 44.7 Å². The van der Waals surface area contributed by atoms with Gasteiger partial charge in [0.2, 0.25) is 10.0 Å². The van der Waals surface area contributed by atoms with Gasteiger partial charge in [0.15, 0.2) is 0 Å². The molecule has 0 aliphatic carbocycles. The summed E-state index contributed by atoms with van der Waals surface area (Å²) >= 11 is 12.1. The zero-order valence-electron chi connectivity index (χ0n) is 14.6. The normalized spacial score (nSPS) is 18.8. The van der Waals surface area contributed by atoms with E-state index in [1.165, 1.54) is 12.1 Å². The monoisotopic (exact) mass is 413 g/mol. The van der Waals surface area contributed by atoms with Crippen molar-refractivity contribution in [3.8, 4) is 5.75 Å². The molecule has 0 bridgehead atoms. The molecule has 2 aromatic rings. The van der Waals surface area contributed by atoms with Crippen LogP contribution in [-0.2, 0) is 10.0 Å². The minimum absolute atomic E-state index is 0.0192. The van der Waals surface area contributed by atoms with Gasteiger partial charge >= 0.3 is 0 Å². The molecular formula is C19H21Cl2NO3S. The fraction of sp³-hybridized carbons (Fsp3) is 0.368. The average Bonchev–Trinajstić information content (AvgIpc) is 2.63. The van der Waals surface area contributed by atoms with Crippen molar-refractivity contribution in [2.75, 3.05) is 0 Å². The topological polar surface area (TPSA) is 55.4 Å². The molecule has 1 heterocycles. The number of ether oxygens (including phenoxy) is 1. The van der Waals surface area contributed by atoms with Gasteiger partial charge in [-0.2, -0.15) is 0 Å². The van der Waals surface area contributed by atoms with Crippen LogP contribution in [0.25, 0.3) is 0 Å². The summed E-state index contributed by atoms with van der Waals surface area (Å²) in [5.74, 6) is 0.715. The maximum Gasteiger partial charge on any atom is 0.242 e. The molecule has 140 valence electrons. The quantitative estimate of drug-likeness (QED) is 0.717. The average molecular weight is 414 g/mol. The molecule has 26 heavy (non-hydrogen) atoms. The van der Waals surface area contributed by atoms with Gasteiger partial charge in [-0.15, -0.1) is 0 Å². The van der Waals surface area contributed by atoms with E-state index in [0.29, 0.717) is 17.2 Å². The smallest absolute Gasteiger partial charge is 0.242 e. The van der Waals surface area contributed by atoms with E-state index < -0.39 is 21.7 Å². The third-order valence-corrected chi connectivity index (χ3v) is 7.15. The Labute approximate surface area is 164 Å². The van der Waals surface area contributed by atoms with Gasteiger partial charge < -0.3 is 4.74 Å². The van der Waals surface area contributed by atoms with Crippen LogP contribution in [0.3, 0.4) is 0 Å². The molecule has 0 aromatic heterocycles. The Morgan fingerprint density at radius 2 is 1.85 bits per heavy atom. The minimum atomic E-state index is -3.84. The molecule has 1 aliphatic heterocycles. The van der Waals surface area contributed by atoms with Crippen molar-refractivity contribution in [1.82, 2.24) is 4.72 Å². The van der Waals surface area contributed by atoms with Crippen molar-refractivity contribution in [1.29, 1.82) is 0 Å². The second-order valence-corrected chi connectivity index (χ2v) is 9.01. The standard InChI is InChI=1S/C19H21Cl2NO3S/c1-3-19(4-2)12-16(14-7-5-6-8-17(14)25-19)22-26(23,24)18-11-13(20)9-10-15(18)21/h5-11,16,22H,3-4,12H2,1-2H3/t16-/m0/s1. The number of nitrogens with one attached hydrogen (secondary N) is 1. The molecule has 0 amide bonds. The molecule has 0 fully saturated rings. The zero-order valence-corrected chi connectivity index (χ0v) is 17.0. The maximum absolute atomic E-state index is 13.0. The van der Waals surface area contributed by atoms with Crippen LogP contribution in [0.2, 0.25) is 10.0 Å². The highest BCUT2D eigenvalue weighted by Gasteiger charge is 2.40. The maximum atomic E-state index is 13.0. The zero-order chi connectivity index (χ0) is 18.9. The summed E-state index contributed by atoms with van der Waals surface area (Å²) in [6, 6.07) is 11.5.